The van der Waals surface area contributed by atoms with Crippen molar-refractivity contribution in [2.24, 2.45) is 11.8 Å². The van der Waals surface area contributed by atoms with E-state index in [4.69, 9.17) is 5.84 Å². The normalized spacial score (nSPS) is 10.4. The van der Waals surface area contributed by atoms with Gasteiger partial charge in [0.1, 0.15) is 5.82 Å². The molecule has 19 heavy (non-hydrogen) atoms. The first kappa shape index (κ1) is 15.6. The van der Waals surface area contributed by atoms with Gasteiger partial charge in [0, 0.05) is 19.8 Å². The number of hydrogen-bond acceptors (Lipinski definition) is 6. The summed E-state index contributed by atoms with van der Waals surface area (Å²) in [6.45, 7) is 4.97. The second kappa shape index (κ2) is 7.25. The minimum Gasteiger partial charge on any atom is -0.354 e. The highest BCUT2D eigenvalue weighted by molar-refractivity contribution is 9.10. The molecule has 0 saturated carbocycles. The molecule has 0 atom stereocenters. The summed E-state index contributed by atoms with van der Waals surface area (Å²) in [7, 11) is 1.78. The van der Waals surface area contributed by atoms with Crippen molar-refractivity contribution in [1.82, 2.24) is 15.3 Å². The average Bonchev–Trinajstić information content (AvgIpc) is 2.36. The molecule has 0 aromatic carbocycles. The maximum Gasteiger partial charge on any atom is 0.239 e. The van der Waals surface area contributed by atoms with Crippen LogP contribution in [0.1, 0.15) is 13.8 Å². The van der Waals surface area contributed by atoms with Crippen LogP contribution in [0.3, 0.4) is 0 Å². The van der Waals surface area contributed by atoms with Crippen LogP contribution < -0.4 is 21.5 Å². The molecule has 0 spiro atoms. The molecule has 0 bridgehead atoms. The van der Waals surface area contributed by atoms with Crippen LogP contribution in [0.4, 0.5) is 11.8 Å². The summed E-state index contributed by atoms with van der Waals surface area (Å²) in [5.74, 6) is 6.53. The van der Waals surface area contributed by atoms with Crippen LogP contribution in [-0.4, -0.2) is 36.0 Å². The summed E-state index contributed by atoms with van der Waals surface area (Å²) >= 11 is 3.35. The number of likely N-dealkylation sites (N-methyl/N-ethyl adjacent to an activating group) is 1. The first-order valence-corrected chi connectivity index (χ1v) is 6.70. The number of carbonyl (C=O) groups is 1. The Morgan fingerprint density at radius 2 is 2.26 bits per heavy atom. The Morgan fingerprint density at radius 1 is 1.58 bits per heavy atom. The van der Waals surface area contributed by atoms with Gasteiger partial charge in [-0.05, 0) is 21.8 Å². The van der Waals surface area contributed by atoms with Crippen LogP contribution in [0.25, 0.3) is 0 Å². The number of carbonyl (C=O) groups excluding carboxylic acids is 1. The Bertz CT molecular complexity index is 439. The smallest absolute Gasteiger partial charge is 0.239 e. The van der Waals surface area contributed by atoms with E-state index in [0.29, 0.717) is 28.7 Å². The van der Waals surface area contributed by atoms with Crippen LogP contribution >= 0.6 is 15.9 Å². The quantitative estimate of drug-likeness (QED) is 0.525. The molecule has 1 aromatic rings. The van der Waals surface area contributed by atoms with Crippen LogP contribution in [-0.2, 0) is 4.79 Å². The summed E-state index contributed by atoms with van der Waals surface area (Å²) in [6.07, 6.45) is 1.58. The summed E-state index contributed by atoms with van der Waals surface area (Å²) in [5, 5.41) is 2.85. The van der Waals surface area contributed by atoms with Gasteiger partial charge in [-0.1, -0.05) is 13.8 Å². The average molecular weight is 331 g/mol. The summed E-state index contributed by atoms with van der Waals surface area (Å²) in [6, 6.07) is 0. The maximum absolute atomic E-state index is 11.7. The van der Waals surface area contributed by atoms with E-state index in [-0.39, 0.29) is 12.5 Å². The highest BCUT2D eigenvalue weighted by atomic mass is 79.9. The van der Waals surface area contributed by atoms with Gasteiger partial charge in [-0.2, -0.15) is 4.98 Å². The topological polar surface area (TPSA) is 96.2 Å². The fourth-order valence-corrected chi connectivity index (χ4v) is 1.85. The first-order valence-electron chi connectivity index (χ1n) is 5.91. The fourth-order valence-electron chi connectivity index (χ4n) is 1.36. The zero-order chi connectivity index (χ0) is 14.4. The number of halogens is 1. The second-order valence-corrected chi connectivity index (χ2v) is 5.42. The molecule has 8 heteroatoms. The van der Waals surface area contributed by atoms with Crippen LogP contribution in [0.15, 0.2) is 10.7 Å². The minimum atomic E-state index is -0.0519. The van der Waals surface area contributed by atoms with E-state index >= 15 is 0 Å². The van der Waals surface area contributed by atoms with Crippen molar-refractivity contribution in [2.45, 2.75) is 13.8 Å². The molecule has 0 fully saturated rings. The maximum atomic E-state index is 11.7. The summed E-state index contributed by atoms with van der Waals surface area (Å²) in [4.78, 5) is 21.6. The Morgan fingerprint density at radius 3 is 2.84 bits per heavy atom. The van der Waals surface area contributed by atoms with Crippen LogP contribution in [0.2, 0.25) is 0 Å². The van der Waals surface area contributed by atoms with Gasteiger partial charge in [0.05, 0.1) is 11.0 Å². The van der Waals surface area contributed by atoms with Gasteiger partial charge in [-0.15, -0.1) is 0 Å². The molecule has 7 nitrogen and oxygen atoms in total. The lowest BCUT2D eigenvalue weighted by Crippen LogP contribution is -2.37. The number of nitrogens with two attached hydrogens (primary N) is 1. The predicted octanol–water partition coefficient (Wildman–Crippen LogP) is 0.733. The zero-order valence-electron chi connectivity index (χ0n) is 11.3. The zero-order valence-corrected chi connectivity index (χ0v) is 12.9. The largest absolute Gasteiger partial charge is 0.354 e. The number of anilines is 2. The van der Waals surface area contributed by atoms with Gasteiger partial charge in [0.15, 0.2) is 0 Å². The minimum absolute atomic E-state index is 0.0519. The second-order valence-electron chi connectivity index (χ2n) is 4.56. The number of nitrogen functional groups attached to an aromatic ring is 1. The molecule has 0 aliphatic rings. The SMILES string of the molecule is CC(C)CNC(=O)CN(C)c1nc(NN)ncc1Br. The number of aromatic nitrogens is 2. The van der Waals surface area contributed by atoms with Crippen molar-refractivity contribution >= 4 is 33.6 Å². The van der Waals surface area contributed by atoms with Crippen molar-refractivity contribution in [2.75, 3.05) is 30.5 Å². The van der Waals surface area contributed by atoms with Crippen molar-refractivity contribution in [3.8, 4) is 0 Å². The van der Waals surface area contributed by atoms with Gasteiger partial charge in [0.25, 0.3) is 0 Å². The standard InChI is InChI=1S/C11H19BrN6O/c1-7(2)4-14-9(19)6-18(3)10-8(12)5-15-11(16-10)17-13/h5,7H,4,6,13H2,1-3H3,(H,14,19)(H,15,16,17). The van der Waals surface area contributed by atoms with E-state index in [9.17, 15) is 4.79 Å². The number of nitrogens with zero attached hydrogens (tertiary/aromatic N) is 3. The highest BCUT2D eigenvalue weighted by Gasteiger charge is 2.13. The molecule has 1 rings (SSSR count). The Kier molecular flexibility index (Phi) is 5.97. The third-order valence-corrected chi connectivity index (χ3v) is 2.86. The van der Waals surface area contributed by atoms with E-state index in [1.54, 1.807) is 18.1 Å². The van der Waals surface area contributed by atoms with Gasteiger partial charge in [0.2, 0.25) is 11.9 Å². The van der Waals surface area contributed by atoms with E-state index in [2.05, 4.69) is 36.6 Å². The highest BCUT2D eigenvalue weighted by Crippen LogP contribution is 2.22. The summed E-state index contributed by atoms with van der Waals surface area (Å²) in [5.41, 5.74) is 2.37. The van der Waals surface area contributed by atoms with Crippen LogP contribution in [0, 0.1) is 5.92 Å². The van der Waals surface area contributed by atoms with E-state index in [0.717, 1.165) is 0 Å². The lowest BCUT2D eigenvalue weighted by molar-refractivity contribution is -0.119. The molecule has 1 aromatic heterocycles. The molecule has 0 aliphatic heterocycles. The number of nitrogens with one attached hydrogen (secondary N) is 2. The molecule has 0 unspecified atom stereocenters. The van der Waals surface area contributed by atoms with E-state index in [1.807, 2.05) is 13.8 Å². The molecule has 106 valence electrons. The number of amides is 1. The van der Waals surface area contributed by atoms with Gasteiger partial charge >= 0.3 is 0 Å². The third kappa shape index (κ3) is 4.99. The van der Waals surface area contributed by atoms with Crippen molar-refractivity contribution in [3.63, 3.8) is 0 Å². The Labute approximate surface area is 121 Å². The van der Waals surface area contributed by atoms with Crippen molar-refractivity contribution < 1.29 is 4.79 Å². The number of hydrazine groups is 1. The molecular weight excluding hydrogens is 312 g/mol. The van der Waals surface area contributed by atoms with Gasteiger partial charge in [-0.25, -0.2) is 10.8 Å². The molecule has 1 heterocycles. The molecule has 0 aliphatic carbocycles. The summed E-state index contributed by atoms with van der Waals surface area (Å²) < 4.78 is 0.700. The lowest BCUT2D eigenvalue weighted by atomic mass is 10.2. The van der Waals surface area contributed by atoms with Crippen LogP contribution in [0.5, 0.6) is 0 Å². The van der Waals surface area contributed by atoms with E-state index < -0.39 is 0 Å². The van der Waals surface area contributed by atoms with Gasteiger partial charge < -0.3 is 10.2 Å². The first-order chi connectivity index (χ1) is 8.93. The third-order valence-electron chi connectivity index (χ3n) is 2.30. The van der Waals surface area contributed by atoms with E-state index in [1.165, 1.54) is 0 Å². The number of hydrogen-bond donors (Lipinski definition) is 3. The van der Waals surface area contributed by atoms with Gasteiger partial charge in [-0.3, -0.25) is 10.2 Å². The molecular formula is C11H19BrN6O. The fraction of sp³-hybridized carbons (Fsp3) is 0.545. The van der Waals surface area contributed by atoms with Crippen molar-refractivity contribution in [1.29, 1.82) is 0 Å². The van der Waals surface area contributed by atoms with Crippen molar-refractivity contribution in [3.05, 3.63) is 10.7 Å². The monoisotopic (exact) mass is 330 g/mol. The lowest BCUT2D eigenvalue weighted by Gasteiger charge is -2.19. The predicted molar refractivity (Wildman–Crippen MR) is 78.7 cm³/mol. The Balaban J connectivity index is 2.67. The molecule has 0 saturated heterocycles. The molecule has 4 N–H and O–H groups in total. The Hall–Kier alpha value is -1.41. The molecule has 0 radical (unpaired) electrons. The number of rotatable bonds is 6. The molecule has 1 amide bonds.